The van der Waals surface area contributed by atoms with Gasteiger partial charge in [0.2, 0.25) is 5.91 Å². The molecule has 0 bridgehead atoms. The molecule has 1 N–H and O–H groups in total. The van der Waals surface area contributed by atoms with Crippen LogP contribution in [0.4, 0.5) is 0 Å². The molecule has 2 rings (SSSR count). The maximum atomic E-state index is 12.0. The Hall–Kier alpha value is -1.85. The highest BCUT2D eigenvalue weighted by Crippen LogP contribution is 2.18. The standard InChI is InChI=1S/C11H14N2O4/c14-10(7-8-4-6-17-12-8)13-5-2-1-3-9(13)11(15)16/h4,6,9H,1-3,5,7H2,(H,15,16)/t9-/m0/s1. The van der Waals surface area contributed by atoms with E-state index in [0.29, 0.717) is 18.7 Å². The van der Waals surface area contributed by atoms with Gasteiger partial charge in [-0.15, -0.1) is 0 Å². The average molecular weight is 238 g/mol. The van der Waals surface area contributed by atoms with Gasteiger partial charge in [0, 0.05) is 12.6 Å². The lowest BCUT2D eigenvalue weighted by Gasteiger charge is -2.32. The van der Waals surface area contributed by atoms with Crippen LogP contribution in [-0.4, -0.2) is 39.6 Å². The van der Waals surface area contributed by atoms with E-state index in [-0.39, 0.29) is 12.3 Å². The number of carbonyl (C=O) groups is 2. The minimum Gasteiger partial charge on any atom is -0.480 e. The normalized spacial score (nSPS) is 20.2. The van der Waals surface area contributed by atoms with E-state index in [2.05, 4.69) is 9.68 Å². The first-order valence-corrected chi connectivity index (χ1v) is 5.60. The number of piperidine rings is 1. The summed E-state index contributed by atoms with van der Waals surface area (Å²) in [6, 6.07) is 0.917. The molecule has 0 saturated carbocycles. The number of hydrogen-bond acceptors (Lipinski definition) is 4. The fourth-order valence-corrected chi connectivity index (χ4v) is 2.07. The summed E-state index contributed by atoms with van der Waals surface area (Å²) in [6.07, 6.45) is 3.73. The van der Waals surface area contributed by atoms with Crippen molar-refractivity contribution in [2.75, 3.05) is 6.54 Å². The van der Waals surface area contributed by atoms with Crippen LogP contribution in [0.3, 0.4) is 0 Å². The van der Waals surface area contributed by atoms with Gasteiger partial charge in [0.15, 0.2) is 0 Å². The first kappa shape index (κ1) is 11.6. The SMILES string of the molecule is O=C(O)[C@@H]1CCCCN1C(=O)Cc1ccon1. The van der Waals surface area contributed by atoms with Crippen molar-refractivity contribution >= 4 is 11.9 Å². The summed E-state index contributed by atoms with van der Waals surface area (Å²) in [5.74, 6) is -1.13. The third-order valence-corrected chi connectivity index (χ3v) is 2.93. The van der Waals surface area contributed by atoms with Crippen LogP contribution in [0.5, 0.6) is 0 Å². The molecule has 1 aromatic rings. The van der Waals surface area contributed by atoms with E-state index < -0.39 is 12.0 Å². The van der Waals surface area contributed by atoms with Crippen molar-refractivity contribution in [3.8, 4) is 0 Å². The predicted molar refractivity (Wildman–Crippen MR) is 57.2 cm³/mol. The summed E-state index contributed by atoms with van der Waals surface area (Å²) >= 11 is 0. The zero-order valence-electron chi connectivity index (χ0n) is 9.33. The van der Waals surface area contributed by atoms with Crippen LogP contribution in [0.15, 0.2) is 16.9 Å². The number of rotatable bonds is 3. The number of aromatic nitrogens is 1. The molecule has 0 unspecified atom stereocenters. The lowest BCUT2D eigenvalue weighted by Crippen LogP contribution is -2.48. The molecule has 0 aliphatic carbocycles. The van der Waals surface area contributed by atoms with Crippen molar-refractivity contribution in [2.24, 2.45) is 0 Å². The first-order chi connectivity index (χ1) is 8.18. The highest BCUT2D eigenvalue weighted by Gasteiger charge is 2.31. The highest BCUT2D eigenvalue weighted by atomic mass is 16.5. The molecule has 92 valence electrons. The van der Waals surface area contributed by atoms with Crippen molar-refractivity contribution in [1.29, 1.82) is 0 Å². The topological polar surface area (TPSA) is 83.6 Å². The number of carboxylic acids is 1. The Morgan fingerprint density at radius 3 is 3.00 bits per heavy atom. The number of likely N-dealkylation sites (tertiary alicyclic amines) is 1. The molecule has 0 radical (unpaired) electrons. The van der Waals surface area contributed by atoms with Crippen LogP contribution in [0, 0.1) is 0 Å². The minimum atomic E-state index is -0.932. The number of amides is 1. The molecule has 1 aliphatic heterocycles. The number of aliphatic carboxylic acids is 1. The van der Waals surface area contributed by atoms with Crippen LogP contribution in [0.1, 0.15) is 25.0 Å². The van der Waals surface area contributed by atoms with Gasteiger partial charge in [-0.2, -0.15) is 0 Å². The molecular formula is C11H14N2O4. The lowest BCUT2D eigenvalue weighted by atomic mass is 10.0. The van der Waals surface area contributed by atoms with Crippen LogP contribution < -0.4 is 0 Å². The monoisotopic (exact) mass is 238 g/mol. The number of hydrogen-bond donors (Lipinski definition) is 1. The Morgan fingerprint density at radius 2 is 2.35 bits per heavy atom. The number of carbonyl (C=O) groups excluding carboxylic acids is 1. The van der Waals surface area contributed by atoms with E-state index in [1.165, 1.54) is 11.2 Å². The molecule has 17 heavy (non-hydrogen) atoms. The molecule has 6 heteroatoms. The molecule has 6 nitrogen and oxygen atoms in total. The van der Waals surface area contributed by atoms with Gasteiger partial charge >= 0.3 is 5.97 Å². The second-order valence-corrected chi connectivity index (χ2v) is 4.10. The molecule has 1 atom stereocenters. The molecule has 1 saturated heterocycles. The van der Waals surface area contributed by atoms with Gasteiger partial charge in [-0.1, -0.05) is 5.16 Å². The van der Waals surface area contributed by atoms with E-state index in [4.69, 9.17) is 5.11 Å². The maximum Gasteiger partial charge on any atom is 0.326 e. The van der Waals surface area contributed by atoms with Gasteiger partial charge < -0.3 is 14.5 Å². The lowest BCUT2D eigenvalue weighted by molar-refractivity contribution is -0.151. The Balaban J connectivity index is 2.03. The van der Waals surface area contributed by atoms with Crippen LogP contribution >= 0.6 is 0 Å². The molecular weight excluding hydrogens is 224 g/mol. The van der Waals surface area contributed by atoms with E-state index in [0.717, 1.165) is 12.8 Å². The van der Waals surface area contributed by atoms with Crippen molar-refractivity contribution < 1.29 is 19.2 Å². The third-order valence-electron chi connectivity index (χ3n) is 2.93. The molecule has 0 spiro atoms. The Bertz CT molecular complexity index is 402. The Morgan fingerprint density at radius 1 is 1.53 bits per heavy atom. The number of nitrogens with zero attached hydrogens (tertiary/aromatic N) is 2. The van der Waals surface area contributed by atoms with Gasteiger partial charge in [0.25, 0.3) is 0 Å². The van der Waals surface area contributed by atoms with Crippen LogP contribution in [0.2, 0.25) is 0 Å². The molecule has 1 fully saturated rings. The summed E-state index contributed by atoms with van der Waals surface area (Å²) in [4.78, 5) is 24.4. The largest absolute Gasteiger partial charge is 0.480 e. The van der Waals surface area contributed by atoms with E-state index in [1.807, 2.05) is 0 Å². The molecule has 0 aromatic carbocycles. The highest BCUT2D eigenvalue weighted by molar-refractivity contribution is 5.84. The van der Waals surface area contributed by atoms with E-state index in [1.54, 1.807) is 6.07 Å². The number of carboxylic acid groups (broad SMARTS) is 1. The zero-order valence-corrected chi connectivity index (χ0v) is 9.33. The van der Waals surface area contributed by atoms with Crippen molar-refractivity contribution in [1.82, 2.24) is 10.1 Å². The zero-order chi connectivity index (χ0) is 12.3. The maximum absolute atomic E-state index is 12.0. The molecule has 1 aromatic heterocycles. The quantitative estimate of drug-likeness (QED) is 0.837. The minimum absolute atomic E-state index is 0.0975. The van der Waals surface area contributed by atoms with Gasteiger partial charge in [0.1, 0.15) is 12.3 Å². The van der Waals surface area contributed by atoms with Crippen molar-refractivity contribution in [3.05, 3.63) is 18.0 Å². The third kappa shape index (κ3) is 2.64. The van der Waals surface area contributed by atoms with E-state index >= 15 is 0 Å². The van der Waals surface area contributed by atoms with Crippen LogP contribution in [-0.2, 0) is 16.0 Å². The van der Waals surface area contributed by atoms with Gasteiger partial charge in [-0.3, -0.25) is 4.79 Å². The second-order valence-electron chi connectivity index (χ2n) is 4.10. The smallest absolute Gasteiger partial charge is 0.326 e. The summed E-state index contributed by atoms with van der Waals surface area (Å²) in [5.41, 5.74) is 0.532. The average Bonchev–Trinajstić information content (AvgIpc) is 2.81. The Labute approximate surface area is 98.2 Å². The first-order valence-electron chi connectivity index (χ1n) is 5.60. The van der Waals surface area contributed by atoms with Crippen LogP contribution in [0.25, 0.3) is 0 Å². The molecule has 2 heterocycles. The van der Waals surface area contributed by atoms with Crippen molar-refractivity contribution in [2.45, 2.75) is 31.7 Å². The molecule has 1 aliphatic rings. The van der Waals surface area contributed by atoms with Gasteiger partial charge in [-0.05, 0) is 19.3 Å². The fraction of sp³-hybridized carbons (Fsp3) is 0.545. The second kappa shape index (κ2) is 4.99. The molecule has 1 amide bonds. The van der Waals surface area contributed by atoms with Gasteiger partial charge in [-0.25, -0.2) is 4.79 Å². The Kier molecular flexibility index (Phi) is 3.41. The van der Waals surface area contributed by atoms with Gasteiger partial charge in [0.05, 0.1) is 12.1 Å². The van der Waals surface area contributed by atoms with Crippen molar-refractivity contribution in [3.63, 3.8) is 0 Å². The predicted octanol–water partition coefficient (Wildman–Crippen LogP) is 0.683. The summed E-state index contributed by atoms with van der Waals surface area (Å²) in [7, 11) is 0. The fourth-order valence-electron chi connectivity index (χ4n) is 2.07. The summed E-state index contributed by atoms with van der Waals surface area (Å²) in [5, 5.41) is 12.7. The van der Waals surface area contributed by atoms with E-state index in [9.17, 15) is 9.59 Å². The summed E-state index contributed by atoms with van der Waals surface area (Å²) in [6.45, 7) is 0.508. The summed E-state index contributed by atoms with van der Waals surface area (Å²) < 4.78 is 4.64.